The molecule has 0 bridgehead atoms. The number of thiophene rings is 1. The molecule has 0 spiro atoms. The number of hydrogen-bond acceptors (Lipinski definition) is 3. The molecule has 3 rings (SSSR count). The number of anilines is 1. The Morgan fingerprint density at radius 2 is 1.77 bits per heavy atom. The van der Waals surface area contributed by atoms with Crippen LogP contribution in [0.15, 0.2) is 66.0 Å². The first-order valence-electron chi connectivity index (χ1n) is 8.09. The van der Waals surface area contributed by atoms with Crippen molar-refractivity contribution in [3.8, 4) is 0 Å². The van der Waals surface area contributed by atoms with Gasteiger partial charge in [0.25, 0.3) is 11.8 Å². The number of benzene rings is 2. The van der Waals surface area contributed by atoms with Gasteiger partial charge in [0.15, 0.2) is 0 Å². The average Bonchev–Trinajstić information content (AvgIpc) is 3.18. The van der Waals surface area contributed by atoms with Crippen molar-refractivity contribution < 1.29 is 14.0 Å². The number of amides is 2. The second-order valence-corrected chi connectivity index (χ2v) is 6.59. The molecular formula is C20H17FN2O2S. The summed E-state index contributed by atoms with van der Waals surface area (Å²) in [5.74, 6) is -0.701. The molecule has 0 radical (unpaired) electrons. The highest BCUT2D eigenvalue weighted by Crippen LogP contribution is 2.15. The number of nitrogens with one attached hydrogen (secondary N) is 2. The largest absolute Gasteiger partial charge is 0.352 e. The van der Waals surface area contributed by atoms with Crippen LogP contribution in [0.3, 0.4) is 0 Å². The van der Waals surface area contributed by atoms with Crippen LogP contribution in [0, 0.1) is 5.82 Å². The molecule has 132 valence electrons. The highest BCUT2D eigenvalue weighted by molar-refractivity contribution is 7.12. The van der Waals surface area contributed by atoms with Crippen LogP contribution in [0.25, 0.3) is 0 Å². The number of carbonyl (C=O) groups is 2. The Balaban J connectivity index is 1.55. The molecule has 0 unspecified atom stereocenters. The molecule has 6 heteroatoms. The fourth-order valence-corrected chi connectivity index (χ4v) is 3.03. The highest BCUT2D eigenvalue weighted by Gasteiger charge is 2.09. The van der Waals surface area contributed by atoms with Crippen LogP contribution >= 0.6 is 11.3 Å². The van der Waals surface area contributed by atoms with Crippen LogP contribution in [-0.2, 0) is 6.42 Å². The minimum absolute atomic E-state index is 0.200. The standard InChI is InChI=1S/C20H17FN2O2S/c21-16-8-6-14(7-9-16)10-11-22-19(24)15-3-1-4-17(13-15)23-20(25)18-5-2-12-26-18/h1-9,12-13H,10-11H2,(H,22,24)(H,23,25). The Morgan fingerprint density at radius 3 is 2.50 bits per heavy atom. The Kier molecular flexibility index (Phi) is 5.76. The third-order valence-electron chi connectivity index (χ3n) is 3.74. The van der Waals surface area contributed by atoms with Crippen molar-refractivity contribution in [3.05, 3.63) is 87.9 Å². The van der Waals surface area contributed by atoms with Crippen LogP contribution in [0.2, 0.25) is 0 Å². The van der Waals surface area contributed by atoms with E-state index in [-0.39, 0.29) is 17.6 Å². The smallest absolute Gasteiger partial charge is 0.265 e. The van der Waals surface area contributed by atoms with Gasteiger partial charge in [-0.25, -0.2) is 4.39 Å². The first kappa shape index (κ1) is 17.8. The van der Waals surface area contributed by atoms with Gasteiger partial charge in [-0.3, -0.25) is 9.59 Å². The lowest BCUT2D eigenvalue weighted by Gasteiger charge is -2.08. The van der Waals surface area contributed by atoms with Gasteiger partial charge >= 0.3 is 0 Å². The molecule has 0 aliphatic heterocycles. The molecule has 2 N–H and O–H groups in total. The highest BCUT2D eigenvalue weighted by atomic mass is 32.1. The van der Waals surface area contributed by atoms with E-state index in [9.17, 15) is 14.0 Å². The average molecular weight is 368 g/mol. The lowest BCUT2D eigenvalue weighted by Crippen LogP contribution is -2.25. The molecule has 1 heterocycles. The van der Waals surface area contributed by atoms with Gasteiger partial charge in [0.1, 0.15) is 5.82 Å². The van der Waals surface area contributed by atoms with E-state index in [0.717, 1.165) is 5.56 Å². The van der Waals surface area contributed by atoms with E-state index in [1.807, 2.05) is 11.4 Å². The van der Waals surface area contributed by atoms with E-state index in [1.165, 1.54) is 23.5 Å². The molecule has 26 heavy (non-hydrogen) atoms. The Labute approximate surface area is 154 Å². The summed E-state index contributed by atoms with van der Waals surface area (Å²) in [5, 5.41) is 7.44. The summed E-state index contributed by atoms with van der Waals surface area (Å²) >= 11 is 1.36. The van der Waals surface area contributed by atoms with Crippen LogP contribution in [0.5, 0.6) is 0 Å². The SMILES string of the molecule is O=C(NCCc1ccc(F)cc1)c1cccc(NC(=O)c2cccs2)c1. The minimum Gasteiger partial charge on any atom is -0.352 e. The van der Waals surface area contributed by atoms with E-state index in [0.29, 0.717) is 29.1 Å². The molecule has 0 saturated carbocycles. The van der Waals surface area contributed by atoms with E-state index >= 15 is 0 Å². The predicted octanol–water partition coefficient (Wildman–Crippen LogP) is 4.11. The van der Waals surface area contributed by atoms with Crippen molar-refractivity contribution in [1.29, 1.82) is 0 Å². The maximum atomic E-state index is 12.9. The predicted molar refractivity (Wildman–Crippen MR) is 101 cm³/mol. The summed E-state index contributed by atoms with van der Waals surface area (Å²) in [6, 6.07) is 16.5. The van der Waals surface area contributed by atoms with Crippen LogP contribution in [-0.4, -0.2) is 18.4 Å². The van der Waals surface area contributed by atoms with Crippen molar-refractivity contribution in [1.82, 2.24) is 5.32 Å². The number of carbonyl (C=O) groups excluding carboxylic acids is 2. The van der Waals surface area contributed by atoms with Gasteiger partial charge in [-0.2, -0.15) is 0 Å². The van der Waals surface area contributed by atoms with Crippen LogP contribution < -0.4 is 10.6 Å². The van der Waals surface area contributed by atoms with Crippen LogP contribution in [0.1, 0.15) is 25.6 Å². The van der Waals surface area contributed by atoms with Gasteiger partial charge in [0.05, 0.1) is 4.88 Å². The van der Waals surface area contributed by atoms with Gasteiger partial charge in [-0.15, -0.1) is 11.3 Å². The molecule has 0 atom stereocenters. The zero-order valence-electron chi connectivity index (χ0n) is 13.9. The molecule has 4 nitrogen and oxygen atoms in total. The lowest BCUT2D eigenvalue weighted by atomic mass is 10.1. The Hall–Kier alpha value is -2.99. The second-order valence-electron chi connectivity index (χ2n) is 5.64. The first-order valence-corrected chi connectivity index (χ1v) is 8.97. The monoisotopic (exact) mass is 368 g/mol. The zero-order chi connectivity index (χ0) is 18.4. The normalized spacial score (nSPS) is 10.3. The molecule has 0 aliphatic rings. The molecule has 2 aromatic carbocycles. The second kappa shape index (κ2) is 8.40. The summed E-state index contributed by atoms with van der Waals surface area (Å²) in [6.45, 7) is 0.441. The molecule has 0 fully saturated rings. The van der Waals surface area contributed by atoms with Crippen LogP contribution in [0.4, 0.5) is 10.1 Å². The minimum atomic E-state index is -0.279. The maximum absolute atomic E-state index is 12.9. The van der Waals surface area contributed by atoms with E-state index in [4.69, 9.17) is 0 Å². The molecule has 3 aromatic rings. The summed E-state index contributed by atoms with van der Waals surface area (Å²) in [6.07, 6.45) is 0.612. The zero-order valence-corrected chi connectivity index (χ0v) is 14.7. The molecular weight excluding hydrogens is 351 g/mol. The van der Waals surface area contributed by atoms with Crippen molar-refractivity contribution in [2.75, 3.05) is 11.9 Å². The summed E-state index contributed by atoms with van der Waals surface area (Å²) in [5.41, 5.74) is 1.98. The molecule has 2 amide bonds. The fourth-order valence-electron chi connectivity index (χ4n) is 2.41. The van der Waals surface area contributed by atoms with Crippen molar-refractivity contribution in [2.45, 2.75) is 6.42 Å². The fraction of sp³-hybridized carbons (Fsp3) is 0.100. The number of rotatable bonds is 6. The van der Waals surface area contributed by atoms with Crippen molar-refractivity contribution in [3.63, 3.8) is 0 Å². The topological polar surface area (TPSA) is 58.2 Å². The molecule has 0 saturated heterocycles. The van der Waals surface area contributed by atoms with E-state index in [2.05, 4.69) is 10.6 Å². The maximum Gasteiger partial charge on any atom is 0.265 e. The van der Waals surface area contributed by atoms with Gasteiger partial charge in [-0.05, 0) is 53.8 Å². The Bertz CT molecular complexity index is 892. The number of hydrogen-bond donors (Lipinski definition) is 2. The summed E-state index contributed by atoms with van der Waals surface area (Å²) < 4.78 is 12.9. The van der Waals surface area contributed by atoms with Gasteiger partial charge < -0.3 is 10.6 Å². The van der Waals surface area contributed by atoms with Crippen molar-refractivity contribution >= 4 is 28.8 Å². The summed E-state index contributed by atoms with van der Waals surface area (Å²) in [4.78, 5) is 25.0. The van der Waals surface area contributed by atoms with Gasteiger partial charge in [-0.1, -0.05) is 24.3 Å². The van der Waals surface area contributed by atoms with Gasteiger partial charge in [0, 0.05) is 17.8 Å². The number of halogens is 1. The summed E-state index contributed by atoms with van der Waals surface area (Å²) in [7, 11) is 0. The third kappa shape index (κ3) is 4.77. The quantitative estimate of drug-likeness (QED) is 0.688. The molecule has 0 aliphatic carbocycles. The van der Waals surface area contributed by atoms with E-state index < -0.39 is 0 Å². The first-order chi connectivity index (χ1) is 12.6. The van der Waals surface area contributed by atoms with Gasteiger partial charge in [0.2, 0.25) is 0 Å². The Morgan fingerprint density at radius 1 is 0.962 bits per heavy atom. The molecule has 1 aromatic heterocycles. The third-order valence-corrected chi connectivity index (χ3v) is 4.61. The lowest BCUT2D eigenvalue weighted by molar-refractivity contribution is 0.0952. The van der Waals surface area contributed by atoms with E-state index in [1.54, 1.807) is 42.5 Å². The van der Waals surface area contributed by atoms with Crippen molar-refractivity contribution in [2.24, 2.45) is 0 Å².